The minimum atomic E-state index is -0.282. The zero-order chi connectivity index (χ0) is 49.2. The van der Waals surface area contributed by atoms with Crippen LogP contribution in [-0.2, 0) is 16.2 Å². The minimum Gasteiger partial charge on any atom is -0.288 e. The summed E-state index contributed by atoms with van der Waals surface area (Å²) in [6.45, 7) is 0. The van der Waals surface area contributed by atoms with Gasteiger partial charge in [-0.15, -0.1) is 0 Å². The van der Waals surface area contributed by atoms with Crippen LogP contribution in [0, 0.1) is 0 Å². The molecule has 16 rings (SSSR count). The SMILES string of the molecule is O=C1C(=CC2=Cc3cc4c(cc3C23CCCCC3)-c2cc3c(cc2C42CCCCC2)C=C(C=C2C(=O)c4cc5cc6ccccc6cc5cc4C2=O)C32CCCCC2)C(=O)c2cc3cc4ccccc4cc3cc21. The molecule has 8 aromatic rings. The van der Waals surface area contributed by atoms with Crippen LogP contribution >= 0.6 is 0 Å². The summed E-state index contributed by atoms with van der Waals surface area (Å²) in [5, 5.41) is 8.37. The maximum Gasteiger partial charge on any atom is 0.197 e. The summed E-state index contributed by atoms with van der Waals surface area (Å²) in [6, 6.07) is 43.0. The Labute approximate surface area is 430 Å². The van der Waals surface area contributed by atoms with Crippen LogP contribution in [0.2, 0.25) is 0 Å². The lowest BCUT2D eigenvalue weighted by molar-refractivity contribution is 0.0973. The first-order valence-corrected chi connectivity index (χ1v) is 27.6. The number of carbonyl (C=O) groups excluding carboxylic acids is 4. The maximum atomic E-state index is 14.5. The molecule has 3 spiro atoms. The number of ketones is 4. The molecule has 358 valence electrons. The van der Waals surface area contributed by atoms with Gasteiger partial charge in [-0.3, -0.25) is 19.2 Å². The number of fused-ring (bicyclic) bond motifs is 15. The van der Waals surface area contributed by atoms with Gasteiger partial charge >= 0.3 is 0 Å². The summed E-state index contributed by atoms with van der Waals surface area (Å²) >= 11 is 0. The van der Waals surface area contributed by atoms with Gasteiger partial charge in [0.05, 0.1) is 11.1 Å². The molecule has 3 saturated carbocycles. The Morgan fingerprint density at radius 2 is 0.608 bits per heavy atom. The third-order valence-electron chi connectivity index (χ3n) is 19.8. The molecule has 8 aliphatic carbocycles. The first-order valence-electron chi connectivity index (χ1n) is 27.6. The van der Waals surface area contributed by atoms with Gasteiger partial charge in [-0.1, -0.05) is 118 Å². The Kier molecular flexibility index (Phi) is 8.85. The fourth-order valence-electron chi connectivity index (χ4n) is 16.2. The summed E-state index contributed by atoms with van der Waals surface area (Å²) in [7, 11) is 0. The van der Waals surface area contributed by atoms with Crippen LogP contribution in [0.25, 0.3) is 66.4 Å². The van der Waals surface area contributed by atoms with E-state index in [2.05, 4.69) is 84.9 Å². The quantitative estimate of drug-likeness (QED) is 0.0983. The molecule has 0 amide bonds. The Morgan fingerprint density at radius 1 is 0.297 bits per heavy atom. The van der Waals surface area contributed by atoms with E-state index in [0.717, 1.165) is 118 Å². The topological polar surface area (TPSA) is 68.3 Å². The van der Waals surface area contributed by atoms with Crippen LogP contribution in [-0.4, -0.2) is 23.1 Å². The van der Waals surface area contributed by atoms with Crippen LogP contribution < -0.4 is 0 Å². The number of Topliss-reactive ketones (excluding diaryl/α,β-unsaturated/α-hetero) is 4. The molecular formula is C70H54O4. The van der Waals surface area contributed by atoms with Crippen LogP contribution in [0.3, 0.4) is 0 Å². The van der Waals surface area contributed by atoms with E-state index in [9.17, 15) is 19.2 Å². The van der Waals surface area contributed by atoms with Gasteiger partial charge < -0.3 is 0 Å². The van der Waals surface area contributed by atoms with Gasteiger partial charge in [-0.2, -0.15) is 0 Å². The molecule has 0 atom stereocenters. The van der Waals surface area contributed by atoms with Crippen molar-refractivity contribution in [1.82, 2.24) is 0 Å². The number of hydrogen-bond donors (Lipinski definition) is 0. The van der Waals surface area contributed by atoms with Crippen molar-refractivity contribution >= 4 is 78.4 Å². The zero-order valence-electron chi connectivity index (χ0n) is 41.6. The third-order valence-corrected chi connectivity index (χ3v) is 19.8. The van der Waals surface area contributed by atoms with E-state index in [-0.39, 0.29) is 39.4 Å². The van der Waals surface area contributed by atoms with Crippen molar-refractivity contribution in [3.63, 3.8) is 0 Å². The average Bonchev–Trinajstić information content (AvgIpc) is 4.19. The zero-order valence-corrected chi connectivity index (χ0v) is 41.6. The summed E-state index contributed by atoms with van der Waals surface area (Å²) in [5.41, 5.74) is 15.0. The number of rotatable bonds is 2. The van der Waals surface area contributed by atoms with Crippen molar-refractivity contribution in [1.29, 1.82) is 0 Å². The molecule has 0 radical (unpaired) electrons. The van der Waals surface area contributed by atoms with Crippen LogP contribution in [0.1, 0.15) is 171 Å². The molecule has 0 unspecified atom stereocenters. The van der Waals surface area contributed by atoms with Crippen LogP contribution in [0.4, 0.5) is 0 Å². The molecule has 3 fully saturated rings. The van der Waals surface area contributed by atoms with E-state index in [0.29, 0.717) is 33.4 Å². The Hall–Kier alpha value is -7.56. The summed E-state index contributed by atoms with van der Waals surface area (Å²) in [4.78, 5) is 58.0. The van der Waals surface area contributed by atoms with E-state index in [1.54, 1.807) is 0 Å². The minimum absolute atomic E-state index is 0.117. The van der Waals surface area contributed by atoms with Crippen molar-refractivity contribution in [2.24, 2.45) is 0 Å². The highest BCUT2D eigenvalue weighted by atomic mass is 16.2. The molecule has 4 nitrogen and oxygen atoms in total. The van der Waals surface area contributed by atoms with Gasteiger partial charge in [0.25, 0.3) is 0 Å². The molecule has 0 heterocycles. The Morgan fingerprint density at radius 3 is 0.932 bits per heavy atom. The third kappa shape index (κ3) is 5.75. The molecule has 0 saturated heterocycles. The van der Waals surface area contributed by atoms with Gasteiger partial charge in [0.15, 0.2) is 23.1 Å². The molecule has 0 N–H and O–H groups in total. The molecule has 0 aliphatic heterocycles. The normalized spacial score (nSPS) is 20.4. The molecular weight excluding hydrogens is 905 g/mol. The van der Waals surface area contributed by atoms with Gasteiger partial charge in [0.2, 0.25) is 0 Å². The largest absolute Gasteiger partial charge is 0.288 e. The predicted octanol–water partition coefficient (Wildman–Crippen LogP) is 16.7. The lowest BCUT2D eigenvalue weighted by Crippen LogP contribution is -2.30. The first kappa shape index (κ1) is 42.9. The lowest BCUT2D eigenvalue weighted by atomic mass is 9.65. The van der Waals surface area contributed by atoms with Crippen LogP contribution in [0.15, 0.2) is 156 Å². The lowest BCUT2D eigenvalue weighted by Gasteiger charge is -2.38. The van der Waals surface area contributed by atoms with E-state index in [4.69, 9.17) is 0 Å². The smallest absolute Gasteiger partial charge is 0.197 e. The highest BCUT2D eigenvalue weighted by Crippen LogP contribution is 2.63. The monoisotopic (exact) mass is 958 g/mol. The predicted molar refractivity (Wildman–Crippen MR) is 298 cm³/mol. The Balaban J connectivity index is 0.804. The second kappa shape index (κ2) is 15.3. The fraction of sp³-hybridized carbons (Fsp3) is 0.257. The van der Waals surface area contributed by atoms with Crippen LogP contribution in [0.5, 0.6) is 0 Å². The number of hydrogen-bond acceptors (Lipinski definition) is 4. The number of carbonyl (C=O) groups is 4. The maximum absolute atomic E-state index is 14.5. The van der Waals surface area contributed by atoms with E-state index in [1.165, 1.54) is 76.6 Å². The molecule has 74 heavy (non-hydrogen) atoms. The molecule has 4 heteroatoms. The molecule has 0 bridgehead atoms. The van der Waals surface area contributed by atoms with Gasteiger partial charge in [-0.25, -0.2) is 0 Å². The van der Waals surface area contributed by atoms with Crippen molar-refractivity contribution < 1.29 is 19.2 Å². The highest BCUT2D eigenvalue weighted by molar-refractivity contribution is 6.41. The van der Waals surface area contributed by atoms with Crippen molar-refractivity contribution in [3.05, 3.63) is 211 Å². The fourth-order valence-corrected chi connectivity index (χ4v) is 16.2. The average molecular weight is 959 g/mol. The molecule has 8 aliphatic rings. The molecule has 8 aromatic carbocycles. The number of benzene rings is 8. The van der Waals surface area contributed by atoms with E-state index < -0.39 is 0 Å². The summed E-state index contributed by atoms with van der Waals surface area (Å²) in [6.07, 6.45) is 25.2. The Bertz CT molecular complexity index is 3710. The second-order valence-corrected chi connectivity index (χ2v) is 23.4. The van der Waals surface area contributed by atoms with Gasteiger partial charge in [0.1, 0.15) is 0 Å². The highest BCUT2D eigenvalue weighted by Gasteiger charge is 2.51. The van der Waals surface area contributed by atoms with Crippen molar-refractivity contribution in [2.45, 2.75) is 113 Å². The summed E-state index contributed by atoms with van der Waals surface area (Å²) in [5.74, 6) is -0.655. The second-order valence-electron chi connectivity index (χ2n) is 23.4. The van der Waals surface area contributed by atoms with Crippen molar-refractivity contribution in [2.75, 3.05) is 0 Å². The van der Waals surface area contributed by atoms with E-state index >= 15 is 0 Å². The summed E-state index contributed by atoms with van der Waals surface area (Å²) < 4.78 is 0. The standard InChI is InChI=1S/C70H54O4/c71-64-54-30-44-24-40-14-4-5-15-41(40)25-45(44)31-55(54)65(72)58(64)36-50-28-48-34-62-52(38-60(48)68(50)18-8-1-9-19-68)53-39-61-49(35-63(53)70(62)22-12-3-13-23-70)29-51(69(61)20-10-2-11-21-69)37-59-66(73)56-32-46-26-42-16-6-7-17-43(42)27-47(46)33-57(56)67(59)74/h4-7,14-17,24-39H,1-3,8-13,18-23H2. The number of allylic oxidation sites excluding steroid dienone is 6. The van der Waals surface area contributed by atoms with Gasteiger partial charge in [-0.05, 0) is 222 Å². The van der Waals surface area contributed by atoms with Crippen molar-refractivity contribution in [3.8, 4) is 11.1 Å². The van der Waals surface area contributed by atoms with E-state index in [1.807, 2.05) is 60.7 Å². The first-order chi connectivity index (χ1) is 36.2. The molecule has 0 aromatic heterocycles. The van der Waals surface area contributed by atoms with Gasteiger partial charge in [0, 0.05) is 38.5 Å².